The number of hydrogen-bond acceptors (Lipinski definition) is 3. The topological polar surface area (TPSA) is 43.3 Å². The molecule has 0 aliphatic carbocycles. The molecule has 2 aromatic rings. The summed E-state index contributed by atoms with van der Waals surface area (Å²) >= 11 is 0. The molecule has 1 N–H and O–H groups in total. The van der Waals surface area contributed by atoms with Gasteiger partial charge in [-0.1, -0.05) is 6.07 Å². The van der Waals surface area contributed by atoms with Gasteiger partial charge in [0.15, 0.2) is 0 Å². The summed E-state index contributed by atoms with van der Waals surface area (Å²) in [4.78, 5) is 12.5. The lowest BCUT2D eigenvalue weighted by Crippen LogP contribution is -2.26. The van der Waals surface area contributed by atoms with Gasteiger partial charge in [0.2, 0.25) is 0 Å². The Labute approximate surface area is 125 Å². The Morgan fingerprint density at radius 3 is 2.38 bits per heavy atom. The van der Waals surface area contributed by atoms with Gasteiger partial charge in [-0.05, 0) is 56.8 Å². The average molecular weight is 286 g/mol. The molecule has 0 saturated carbocycles. The molecule has 0 saturated heterocycles. The van der Waals surface area contributed by atoms with E-state index >= 15 is 0 Å². The van der Waals surface area contributed by atoms with Crippen molar-refractivity contribution in [2.75, 3.05) is 13.7 Å². The van der Waals surface area contributed by atoms with Crippen LogP contribution in [0, 0.1) is 0 Å². The molecule has 1 aromatic heterocycles. The molecule has 1 aromatic carbocycles. The number of aromatic nitrogens is 1. The highest BCUT2D eigenvalue weighted by molar-refractivity contribution is 5.61. The second kappa shape index (κ2) is 7.09. The van der Waals surface area contributed by atoms with Gasteiger partial charge in [-0.3, -0.25) is 4.79 Å². The van der Waals surface area contributed by atoms with Gasteiger partial charge in [-0.2, -0.15) is 0 Å². The minimum absolute atomic E-state index is 0.0678. The summed E-state index contributed by atoms with van der Waals surface area (Å²) in [5.74, 6) is 0.846. The lowest BCUT2D eigenvalue weighted by Gasteiger charge is -2.13. The van der Waals surface area contributed by atoms with Crippen molar-refractivity contribution in [2.24, 2.45) is 0 Å². The highest BCUT2D eigenvalue weighted by Crippen LogP contribution is 2.22. The third kappa shape index (κ3) is 3.34. The normalized spacial score (nSPS) is 10.6. The van der Waals surface area contributed by atoms with Crippen molar-refractivity contribution in [3.05, 3.63) is 52.3 Å². The van der Waals surface area contributed by atoms with Gasteiger partial charge < -0.3 is 14.6 Å². The summed E-state index contributed by atoms with van der Waals surface area (Å²) in [6.45, 7) is 5.84. The fraction of sp³-hybridized carbons (Fsp3) is 0.353. The van der Waals surface area contributed by atoms with Crippen LogP contribution in [0.2, 0.25) is 0 Å². The third-order valence-electron chi connectivity index (χ3n) is 3.40. The quantitative estimate of drug-likeness (QED) is 0.888. The average Bonchev–Trinajstić information content (AvgIpc) is 2.50. The maximum absolute atomic E-state index is 12.5. The molecule has 2 rings (SSSR count). The van der Waals surface area contributed by atoms with Gasteiger partial charge in [-0.25, -0.2) is 0 Å². The molecule has 0 spiro atoms. The van der Waals surface area contributed by atoms with Crippen molar-refractivity contribution in [3.8, 4) is 17.0 Å². The van der Waals surface area contributed by atoms with Crippen LogP contribution in [-0.2, 0) is 13.1 Å². The Hall–Kier alpha value is -2.07. The van der Waals surface area contributed by atoms with E-state index in [9.17, 15) is 4.79 Å². The van der Waals surface area contributed by atoms with E-state index in [-0.39, 0.29) is 5.56 Å². The smallest absolute Gasteiger partial charge is 0.255 e. The third-order valence-corrected chi connectivity index (χ3v) is 3.40. The van der Waals surface area contributed by atoms with Crippen LogP contribution in [0.3, 0.4) is 0 Å². The maximum atomic E-state index is 12.5. The van der Waals surface area contributed by atoms with Crippen molar-refractivity contribution in [1.29, 1.82) is 0 Å². The number of pyridine rings is 1. The monoisotopic (exact) mass is 286 g/mol. The molecular formula is C17H22N2O2. The zero-order valence-electron chi connectivity index (χ0n) is 12.8. The van der Waals surface area contributed by atoms with Gasteiger partial charge in [0.05, 0.1) is 12.3 Å². The lowest BCUT2D eigenvalue weighted by molar-refractivity contribution is 0.340. The SMILES string of the molecule is CCOc1ccc(-c2ccc(CNC)c(=O)n2CC)cc1. The molecule has 0 atom stereocenters. The van der Waals surface area contributed by atoms with E-state index in [0.717, 1.165) is 22.6 Å². The lowest BCUT2D eigenvalue weighted by atomic mass is 10.1. The molecule has 0 unspecified atom stereocenters. The molecule has 0 fully saturated rings. The van der Waals surface area contributed by atoms with Gasteiger partial charge in [0.25, 0.3) is 5.56 Å². The van der Waals surface area contributed by atoms with Gasteiger partial charge in [-0.15, -0.1) is 0 Å². The first-order valence-electron chi connectivity index (χ1n) is 7.31. The van der Waals surface area contributed by atoms with Crippen LogP contribution in [0.1, 0.15) is 19.4 Å². The first kappa shape index (κ1) is 15.3. The van der Waals surface area contributed by atoms with Gasteiger partial charge in [0.1, 0.15) is 5.75 Å². The second-order valence-corrected chi connectivity index (χ2v) is 4.78. The fourth-order valence-corrected chi connectivity index (χ4v) is 2.40. The summed E-state index contributed by atoms with van der Waals surface area (Å²) in [5.41, 5.74) is 2.81. The molecule has 0 amide bonds. The fourth-order valence-electron chi connectivity index (χ4n) is 2.40. The molecular weight excluding hydrogens is 264 g/mol. The number of ether oxygens (including phenoxy) is 1. The van der Waals surface area contributed by atoms with Crippen molar-refractivity contribution < 1.29 is 4.74 Å². The second-order valence-electron chi connectivity index (χ2n) is 4.78. The maximum Gasteiger partial charge on any atom is 0.255 e. The number of nitrogens with zero attached hydrogens (tertiary/aromatic N) is 1. The standard InChI is InChI=1S/C17H22N2O2/c1-4-19-16(11-8-14(12-18-3)17(19)20)13-6-9-15(10-7-13)21-5-2/h6-11,18H,4-5,12H2,1-3H3. The highest BCUT2D eigenvalue weighted by Gasteiger charge is 2.09. The van der Waals surface area contributed by atoms with Crippen LogP contribution in [0.25, 0.3) is 11.3 Å². The summed E-state index contributed by atoms with van der Waals surface area (Å²) in [6.07, 6.45) is 0. The molecule has 0 bridgehead atoms. The van der Waals surface area contributed by atoms with E-state index in [1.807, 2.05) is 61.9 Å². The van der Waals surface area contributed by atoms with Crippen LogP contribution in [0.4, 0.5) is 0 Å². The predicted octanol–water partition coefficient (Wildman–Crippen LogP) is 2.65. The minimum atomic E-state index is 0.0678. The Morgan fingerprint density at radius 2 is 1.81 bits per heavy atom. The van der Waals surface area contributed by atoms with E-state index in [2.05, 4.69) is 5.32 Å². The van der Waals surface area contributed by atoms with Crippen molar-refractivity contribution >= 4 is 0 Å². The summed E-state index contributed by atoms with van der Waals surface area (Å²) in [6, 6.07) is 11.8. The Balaban J connectivity index is 2.43. The van der Waals surface area contributed by atoms with Gasteiger partial charge >= 0.3 is 0 Å². The number of rotatable bonds is 6. The first-order valence-corrected chi connectivity index (χ1v) is 7.31. The Bertz CT molecular complexity index is 645. The zero-order valence-corrected chi connectivity index (χ0v) is 12.8. The summed E-state index contributed by atoms with van der Waals surface area (Å²) in [7, 11) is 1.84. The van der Waals surface area contributed by atoms with Crippen molar-refractivity contribution in [2.45, 2.75) is 26.9 Å². The van der Waals surface area contributed by atoms with Crippen LogP contribution < -0.4 is 15.6 Å². The van der Waals surface area contributed by atoms with Crippen LogP contribution in [-0.4, -0.2) is 18.2 Å². The number of benzene rings is 1. The minimum Gasteiger partial charge on any atom is -0.494 e. The molecule has 112 valence electrons. The highest BCUT2D eigenvalue weighted by atomic mass is 16.5. The molecule has 0 aliphatic heterocycles. The van der Waals surface area contributed by atoms with E-state index in [1.165, 1.54) is 0 Å². The molecule has 0 radical (unpaired) electrons. The largest absolute Gasteiger partial charge is 0.494 e. The Morgan fingerprint density at radius 1 is 1.10 bits per heavy atom. The summed E-state index contributed by atoms with van der Waals surface area (Å²) < 4.78 is 7.26. The van der Waals surface area contributed by atoms with E-state index in [1.54, 1.807) is 0 Å². The van der Waals surface area contributed by atoms with Crippen molar-refractivity contribution in [3.63, 3.8) is 0 Å². The first-order chi connectivity index (χ1) is 10.2. The van der Waals surface area contributed by atoms with E-state index < -0.39 is 0 Å². The molecule has 4 heteroatoms. The van der Waals surface area contributed by atoms with Crippen LogP contribution in [0.5, 0.6) is 5.75 Å². The van der Waals surface area contributed by atoms with Crippen LogP contribution >= 0.6 is 0 Å². The number of hydrogen-bond donors (Lipinski definition) is 1. The zero-order chi connectivity index (χ0) is 15.2. The van der Waals surface area contributed by atoms with Gasteiger partial charge in [0, 0.05) is 18.7 Å². The summed E-state index contributed by atoms with van der Waals surface area (Å²) in [5, 5.41) is 3.03. The molecule has 1 heterocycles. The molecule has 4 nitrogen and oxygen atoms in total. The van der Waals surface area contributed by atoms with E-state index in [4.69, 9.17) is 4.74 Å². The molecule has 0 aliphatic rings. The van der Waals surface area contributed by atoms with E-state index in [0.29, 0.717) is 19.7 Å². The number of nitrogens with one attached hydrogen (secondary N) is 1. The molecule has 21 heavy (non-hydrogen) atoms. The predicted molar refractivity (Wildman–Crippen MR) is 85.7 cm³/mol. The van der Waals surface area contributed by atoms with Crippen LogP contribution in [0.15, 0.2) is 41.2 Å². The Kier molecular flexibility index (Phi) is 5.17. The van der Waals surface area contributed by atoms with Crippen molar-refractivity contribution in [1.82, 2.24) is 9.88 Å².